The van der Waals surface area contributed by atoms with Crippen LogP contribution >= 0.6 is 11.6 Å². The van der Waals surface area contributed by atoms with E-state index in [1.807, 2.05) is 24.3 Å². The van der Waals surface area contributed by atoms with E-state index in [0.717, 1.165) is 23.6 Å². The molecule has 0 radical (unpaired) electrons. The average molecular weight is 224 g/mol. The normalized spacial score (nSPS) is 17.8. The van der Waals surface area contributed by atoms with Gasteiger partial charge in [0.2, 0.25) is 0 Å². The molecule has 2 nitrogen and oxygen atoms in total. The first-order valence-electron chi connectivity index (χ1n) is 5.28. The second-order valence-electron chi connectivity index (χ2n) is 3.97. The van der Waals surface area contributed by atoms with Gasteiger partial charge in [0.1, 0.15) is 5.78 Å². The first-order valence-corrected chi connectivity index (χ1v) is 5.65. The van der Waals surface area contributed by atoms with Gasteiger partial charge in [-0.05, 0) is 31.0 Å². The quantitative estimate of drug-likeness (QED) is 0.834. The Morgan fingerprint density at radius 1 is 1.27 bits per heavy atom. The number of hydrogen-bond acceptors (Lipinski definition) is 2. The van der Waals surface area contributed by atoms with Crippen molar-refractivity contribution in [3.63, 3.8) is 0 Å². The Morgan fingerprint density at radius 3 is 2.67 bits per heavy atom. The van der Waals surface area contributed by atoms with Crippen molar-refractivity contribution in [1.82, 2.24) is 0 Å². The van der Waals surface area contributed by atoms with Crippen molar-refractivity contribution < 1.29 is 4.79 Å². The summed E-state index contributed by atoms with van der Waals surface area (Å²) in [4.78, 5) is 11.1. The van der Waals surface area contributed by atoms with Crippen molar-refractivity contribution in [2.45, 2.75) is 31.7 Å². The average Bonchev–Trinajstić information content (AvgIpc) is 2.22. The zero-order chi connectivity index (χ0) is 10.7. The molecule has 0 aromatic heterocycles. The molecule has 0 bridgehead atoms. The molecule has 0 amide bonds. The summed E-state index contributed by atoms with van der Waals surface area (Å²) in [7, 11) is 0. The maximum Gasteiger partial charge on any atom is 0.133 e. The highest BCUT2D eigenvalue weighted by Crippen LogP contribution is 2.21. The van der Waals surface area contributed by atoms with Crippen molar-refractivity contribution in [3.8, 4) is 0 Å². The smallest absolute Gasteiger partial charge is 0.133 e. The van der Waals surface area contributed by atoms with Crippen molar-refractivity contribution in [2.24, 2.45) is 0 Å². The van der Waals surface area contributed by atoms with Crippen molar-refractivity contribution in [1.29, 1.82) is 0 Å². The van der Waals surface area contributed by atoms with E-state index in [4.69, 9.17) is 11.6 Å². The van der Waals surface area contributed by atoms with Crippen LogP contribution in [0.1, 0.15) is 25.7 Å². The molecule has 1 saturated carbocycles. The molecular formula is C12H14ClNO. The van der Waals surface area contributed by atoms with Crippen LogP contribution in [0.2, 0.25) is 5.02 Å². The number of halogens is 1. The topological polar surface area (TPSA) is 29.1 Å². The minimum absolute atomic E-state index is 0.388. The van der Waals surface area contributed by atoms with Gasteiger partial charge in [-0.3, -0.25) is 4.79 Å². The standard InChI is InChI=1S/C12H14ClNO/c13-9-2-1-3-11(8-9)14-10-4-6-12(15)7-5-10/h1-3,8,10,14H,4-7H2. The summed E-state index contributed by atoms with van der Waals surface area (Å²) in [6, 6.07) is 8.12. The summed E-state index contributed by atoms with van der Waals surface area (Å²) in [6.07, 6.45) is 3.28. The number of nitrogens with one attached hydrogen (secondary N) is 1. The van der Waals surface area contributed by atoms with E-state index >= 15 is 0 Å². The summed E-state index contributed by atoms with van der Waals surface area (Å²) in [6.45, 7) is 0. The van der Waals surface area contributed by atoms with Gasteiger partial charge in [-0.2, -0.15) is 0 Å². The van der Waals surface area contributed by atoms with Crippen LogP contribution in [0.15, 0.2) is 24.3 Å². The van der Waals surface area contributed by atoms with Crippen LogP contribution in [0, 0.1) is 0 Å². The molecule has 80 valence electrons. The molecule has 1 aliphatic carbocycles. The lowest BCUT2D eigenvalue weighted by Crippen LogP contribution is -2.25. The number of benzene rings is 1. The van der Waals surface area contributed by atoms with Crippen LogP contribution in [0.4, 0.5) is 5.69 Å². The highest BCUT2D eigenvalue weighted by Gasteiger charge is 2.18. The maximum atomic E-state index is 11.1. The summed E-state index contributed by atoms with van der Waals surface area (Å²) in [5.74, 6) is 0.388. The van der Waals surface area contributed by atoms with Gasteiger partial charge >= 0.3 is 0 Å². The van der Waals surface area contributed by atoms with Crippen molar-refractivity contribution >= 4 is 23.1 Å². The molecule has 3 heteroatoms. The highest BCUT2D eigenvalue weighted by atomic mass is 35.5. The van der Waals surface area contributed by atoms with Crippen LogP contribution < -0.4 is 5.32 Å². The SMILES string of the molecule is O=C1CCC(Nc2cccc(Cl)c2)CC1. The Labute approximate surface area is 94.6 Å². The van der Waals surface area contributed by atoms with Crippen molar-refractivity contribution in [2.75, 3.05) is 5.32 Å². The first-order chi connectivity index (χ1) is 7.24. The zero-order valence-electron chi connectivity index (χ0n) is 8.50. The Bertz CT molecular complexity index is 354. The van der Waals surface area contributed by atoms with Crippen LogP contribution in [0.25, 0.3) is 0 Å². The minimum Gasteiger partial charge on any atom is -0.382 e. The van der Waals surface area contributed by atoms with Gasteiger partial charge < -0.3 is 5.32 Å². The Kier molecular flexibility index (Phi) is 3.27. The van der Waals surface area contributed by atoms with Crippen LogP contribution in [-0.2, 0) is 4.79 Å². The minimum atomic E-state index is 0.388. The van der Waals surface area contributed by atoms with Crippen molar-refractivity contribution in [3.05, 3.63) is 29.3 Å². The lowest BCUT2D eigenvalue weighted by Gasteiger charge is -2.23. The molecule has 2 rings (SSSR count). The molecule has 0 aliphatic heterocycles. The molecular weight excluding hydrogens is 210 g/mol. The molecule has 1 fully saturated rings. The fourth-order valence-corrected chi connectivity index (χ4v) is 2.09. The maximum absolute atomic E-state index is 11.1. The van der Waals surface area contributed by atoms with E-state index in [1.54, 1.807) is 0 Å². The predicted molar refractivity (Wildman–Crippen MR) is 62.3 cm³/mol. The van der Waals surface area contributed by atoms with Gasteiger partial charge in [0.25, 0.3) is 0 Å². The van der Waals surface area contributed by atoms with Gasteiger partial charge in [0.05, 0.1) is 0 Å². The number of carbonyl (C=O) groups excluding carboxylic acids is 1. The number of hydrogen-bond donors (Lipinski definition) is 1. The Morgan fingerprint density at radius 2 is 2.00 bits per heavy atom. The number of rotatable bonds is 2. The summed E-state index contributed by atoms with van der Waals surface area (Å²) < 4.78 is 0. The monoisotopic (exact) mass is 223 g/mol. The molecule has 1 aromatic carbocycles. The molecule has 0 saturated heterocycles. The summed E-state index contributed by atoms with van der Waals surface area (Å²) in [5, 5.41) is 4.15. The highest BCUT2D eigenvalue weighted by molar-refractivity contribution is 6.30. The molecule has 0 atom stereocenters. The van der Waals surface area contributed by atoms with Gasteiger partial charge in [0, 0.05) is 29.6 Å². The molecule has 1 aliphatic rings. The molecule has 1 aromatic rings. The van der Waals surface area contributed by atoms with Gasteiger partial charge in [0.15, 0.2) is 0 Å². The molecule has 0 unspecified atom stereocenters. The Hall–Kier alpha value is -1.02. The van der Waals surface area contributed by atoms with E-state index in [9.17, 15) is 4.79 Å². The second kappa shape index (κ2) is 4.67. The van der Waals surface area contributed by atoms with Crippen LogP contribution in [-0.4, -0.2) is 11.8 Å². The van der Waals surface area contributed by atoms with E-state index in [0.29, 0.717) is 24.7 Å². The predicted octanol–water partition coefficient (Wildman–Crippen LogP) is 3.26. The van der Waals surface area contributed by atoms with E-state index in [1.165, 1.54) is 0 Å². The first kappa shape index (κ1) is 10.5. The second-order valence-corrected chi connectivity index (χ2v) is 4.40. The summed E-state index contributed by atoms with van der Waals surface area (Å²) in [5.41, 5.74) is 1.04. The van der Waals surface area contributed by atoms with Gasteiger partial charge in [-0.1, -0.05) is 17.7 Å². The number of carbonyl (C=O) groups is 1. The third-order valence-corrected chi connectivity index (χ3v) is 2.97. The lowest BCUT2D eigenvalue weighted by atomic mass is 9.94. The zero-order valence-corrected chi connectivity index (χ0v) is 9.26. The number of Topliss-reactive ketones (excluding diaryl/α,β-unsaturated/α-hetero) is 1. The largest absolute Gasteiger partial charge is 0.382 e. The number of anilines is 1. The van der Waals surface area contributed by atoms with Crippen LogP contribution in [0.5, 0.6) is 0 Å². The molecule has 15 heavy (non-hydrogen) atoms. The molecule has 0 spiro atoms. The fourth-order valence-electron chi connectivity index (χ4n) is 1.90. The van der Waals surface area contributed by atoms with E-state index in [2.05, 4.69) is 5.32 Å². The number of ketones is 1. The molecule has 1 N–H and O–H groups in total. The third kappa shape index (κ3) is 2.96. The Balaban J connectivity index is 1.94. The third-order valence-electron chi connectivity index (χ3n) is 2.74. The lowest BCUT2D eigenvalue weighted by molar-refractivity contribution is -0.120. The van der Waals surface area contributed by atoms with E-state index < -0.39 is 0 Å². The van der Waals surface area contributed by atoms with E-state index in [-0.39, 0.29) is 0 Å². The molecule has 0 heterocycles. The van der Waals surface area contributed by atoms with Gasteiger partial charge in [-0.15, -0.1) is 0 Å². The fraction of sp³-hybridized carbons (Fsp3) is 0.417. The van der Waals surface area contributed by atoms with Crippen LogP contribution in [0.3, 0.4) is 0 Å². The van der Waals surface area contributed by atoms with Gasteiger partial charge in [-0.25, -0.2) is 0 Å². The summed E-state index contributed by atoms with van der Waals surface area (Å²) >= 11 is 5.89.